The van der Waals surface area contributed by atoms with Gasteiger partial charge in [-0.05, 0) is 43.5 Å². The van der Waals surface area contributed by atoms with E-state index in [0.717, 1.165) is 6.42 Å². The van der Waals surface area contributed by atoms with Gasteiger partial charge in [-0.15, -0.1) is 0 Å². The molecule has 0 aromatic heterocycles. The molecule has 19 heavy (non-hydrogen) atoms. The number of hydrogen-bond donors (Lipinski definition) is 1. The second kappa shape index (κ2) is 5.13. The molecule has 0 atom stereocenters. The predicted molar refractivity (Wildman–Crippen MR) is 73.9 cm³/mol. The minimum Gasteiger partial charge on any atom is -0.355 e. The van der Waals surface area contributed by atoms with Gasteiger partial charge in [0.05, 0.1) is 4.90 Å². The molecule has 0 spiro atoms. The molecule has 1 saturated carbocycles. The van der Waals surface area contributed by atoms with Gasteiger partial charge in [-0.1, -0.05) is 18.5 Å². The quantitative estimate of drug-likeness (QED) is 0.906. The highest BCUT2D eigenvalue weighted by Gasteiger charge is 2.60. The second-order valence-corrected chi connectivity index (χ2v) is 7.40. The minimum atomic E-state index is -3.64. The van der Waals surface area contributed by atoms with Crippen LogP contribution in [-0.2, 0) is 14.6 Å². The molecule has 1 aliphatic rings. The van der Waals surface area contributed by atoms with Crippen molar-refractivity contribution in [1.82, 2.24) is 5.32 Å². The summed E-state index contributed by atoms with van der Waals surface area (Å²) >= 11 is 5.75. The molecule has 4 nitrogen and oxygen atoms in total. The van der Waals surface area contributed by atoms with Crippen molar-refractivity contribution in [2.24, 2.45) is 0 Å². The third-order valence-corrected chi connectivity index (χ3v) is 6.06. The van der Waals surface area contributed by atoms with Crippen molar-refractivity contribution in [2.75, 3.05) is 6.54 Å². The number of benzene rings is 1. The maximum atomic E-state index is 12.5. The Morgan fingerprint density at radius 1 is 1.32 bits per heavy atom. The van der Waals surface area contributed by atoms with Gasteiger partial charge in [-0.25, -0.2) is 8.42 Å². The summed E-state index contributed by atoms with van der Waals surface area (Å²) in [5.74, 6) is -0.385. The normalized spacial score (nSPS) is 16.9. The summed E-state index contributed by atoms with van der Waals surface area (Å²) in [5.41, 5.74) is 0. The van der Waals surface area contributed by atoms with E-state index in [4.69, 9.17) is 11.6 Å². The fourth-order valence-electron chi connectivity index (χ4n) is 1.97. The van der Waals surface area contributed by atoms with Crippen molar-refractivity contribution >= 4 is 27.3 Å². The number of carbonyl (C=O) groups excluding carboxylic acids is 1. The van der Waals surface area contributed by atoms with Crippen molar-refractivity contribution in [2.45, 2.75) is 35.8 Å². The molecule has 1 amide bonds. The molecular formula is C13H16ClNO3S. The summed E-state index contributed by atoms with van der Waals surface area (Å²) in [5, 5.41) is 3.15. The van der Waals surface area contributed by atoms with Crippen molar-refractivity contribution in [1.29, 1.82) is 0 Å². The molecule has 104 valence electrons. The summed E-state index contributed by atoms with van der Waals surface area (Å²) in [6.07, 6.45) is 1.55. The fourth-order valence-corrected chi connectivity index (χ4v) is 4.00. The van der Waals surface area contributed by atoms with Gasteiger partial charge in [0.2, 0.25) is 5.91 Å². The first-order chi connectivity index (χ1) is 8.94. The minimum absolute atomic E-state index is 0.154. The smallest absolute Gasteiger partial charge is 0.241 e. The van der Waals surface area contributed by atoms with E-state index < -0.39 is 14.6 Å². The number of rotatable bonds is 5. The van der Waals surface area contributed by atoms with Gasteiger partial charge >= 0.3 is 0 Å². The molecule has 0 saturated heterocycles. The van der Waals surface area contributed by atoms with Gasteiger partial charge in [-0.2, -0.15) is 0 Å². The van der Waals surface area contributed by atoms with Crippen LogP contribution in [0.3, 0.4) is 0 Å². The lowest BCUT2D eigenvalue weighted by atomic mass is 10.3. The zero-order valence-electron chi connectivity index (χ0n) is 10.6. The van der Waals surface area contributed by atoms with Gasteiger partial charge in [0, 0.05) is 11.6 Å². The lowest BCUT2D eigenvalue weighted by Crippen LogP contribution is -2.42. The number of hydrogen-bond acceptors (Lipinski definition) is 3. The van der Waals surface area contributed by atoms with Crippen LogP contribution in [0.25, 0.3) is 0 Å². The summed E-state index contributed by atoms with van der Waals surface area (Å²) in [6.45, 7) is 2.42. The molecule has 0 radical (unpaired) electrons. The molecule has 0 heterocycles. The first kappa shape index (κ1) is 14.3. The zero-order chi connectivity index (χ0) is 14.1. The van der Waals surface area contributed by atoms with Crippen LogP contribution >= 0.6 is 11.6 Å². The Kier molecular flexibility index (Phi) is 3.87. The molecule has 1 fully saturated rings. The lowest BCUT2D eigenvalue weighted by Gasteiger charge is -2.16. The molecule has 0 unspecified atom stereocenters. The summed E-state index contributed by atoms with van der Waals surface area (Å²) in [7, 11) is -3.64. The molecule has 2 rings (SSSR count). The van der Waals surface area contributed by atoms with E-state index in [9.17, 15) is 13.2 Å². The Bertz CT molecular complexity index is 576. The third kappa shape index (κ3) is 2.49. The highest BCUT2D eigenvalue weighted by Crippen LogP contribution is 2.47. The van der Waals surface area contributed by atoms with Gasteiger partial charge in [-0.3, -0.25) is 4.79 Å². The second-order valence-electron chi connectivity index (χ2n) is 4.71. The van der Waals surface area contributed by atoms with E-state index in [-0.39, 0.29) is 10.8 Å². The van der Waals surface area contributed by atoms with Gasteiger partial charge in [0.25, 0.3) is 0 Å². The molecule has 1 N–H and O–H groups in total. The predicted octanol–water partition coefficient (Wildman–Crippen LogP) is 2.17. The largest absolute Gasteiger partial charge is 0.355 e. The maximum absolute atomic E-state index is 12.5. The van der Waals surface area contributed by atoms with E-state index >= 15 is 0 Å². The third-order valence-electron chi connectivity index (χ3n) is 3.29. The average molecular weight is 302 g/mol. The summed E-state index contributed by atoms with van der Waals surface area (Å²) in [6, 6.07) is 5.94. The number of sulfone groups is 1. The molecule has 1 aromatic carbocycles. The van der Waals surface area contributed by atoms with E-state index in [2.05, 4.69) is 5.32 Å². The van der Waals surface area contributed by atoms with Gasteiger partial charge in [0.1, 0.15) is 0 Å². The van der Waals surface area contributed by atoms with Crippen LogP contribution in [0, 0.1) is 0 Å². The monoisotopic (exact) mass is 301 g/mol. The van der Waals surface area contributed by atoms with Crippen LogP contribution in [0.2, 0.25) is 5.02 Å². The van der Waals surface area contributed by atoms with Gasteiger partial charge < -0.3 is 5.32 Å². The standard InChI is InChI=1S/C13H16ClNO3S/c1-2-9-15-12(16)13(7-8-13)19(17,18)11-5-3-10(14)4-6-11/h3-6H,2,7-9H2,1H3,(H,15,16). The maximum Gasteiger partial charge on any atom is 0.241 e. The number of amides is 1. The van der Waals surface area contributed by atoms with E-state index in [1.54, 1.807) is 0 Å². The first-order valence-electron chi connectivity index (χ1n) is 6.22. The van der Waals surface area contributed by atoms with Crippen LogP contribution in [-0.4, -0.2) is 25.6 Å². The Morgan fingerprint density at radius 2 is 1.89 bits per heavy atom. The zero-order valence-corrected chi connectivity index (χ0v) is 12.2. The molecule has 1 aromatic rings. The Labute approximate surface area is 118 Å². The molecule has 0 bridgehead atoms. The highest BCUT2D eigenvalue weighted by atomic mass is 35.5. The van der Waals surface area contributed by atoms with Crippen LogP contribution in [0.5, 0.6) is 0 Å². The first-order valence-corrected chi connectivity index (χ1v) is 8.08. The highest BCUT2D eigenvalue weighted by molar-refractivity contribution is 7.94. The Morgan fingerprint density at radius 3 is 2.37 bits per heavy atom. The molecule has 0 aliphatic heterocycles. The van der Waals surface area contributed by atoms with E-state index in [1.165, 1.54) is 24.3 Å². The van der Waals surface area contributed by atoms with Crippen LogP contribution < -0.4 is 5.32 Å². The lowest BCUT2D eigenvalue weighted by molar-refractivity contribution is -0.121. The van der Waals surface area contributed by atoms with E-state index in [1.807, 2.05) is 6.92 Å². The number of nitrogens with one attached hydrogen (secondary N) is 1. The van der Waals surface area contributed by atoms with Crippen LogP contribution in [0.1, 0.15) is 26.2 Å². The van der Waals surface area contributed by atoms with Crippen molar-refractivity contribution in [3.05, 3.63) is 29.3 Å². The summed E-state index contributed by atoms with van der Waals surface area (Å²) < 4.78 is 23.8. The number of carbonyl (C=O) groups is 1. The van der Waals surface area contributed by atoms with E-state index in [0.29, 0.717) is 24.4 Å². The van der Waals surface area contributed by atoms with Crippen molar-refractivity contribution in [3.8, 4) is 0 Å². The number of halogens is 1. The Hall–Kier alpha value is -1.07. The van der Waals surface area contributed by atoms with Crippen molar-refractivity contribution in [3.63, 3.8) is 0 Å². The fraction of sp³-hybridized carbons (Fsp3) is 0.462. The van der Waals surface area contributed by atoms with Crippen LogP contribution in [0.15, 0.2) is 29.2 Å². The Balaban J connectivity index is 2.29. The molecule has 1 aliphatic carbocycles. The van der Waals surface area contributed by atoms with Gasteiger partial charge in [0.15, 0.2) is 14.6 Å². The molecular weight excluding hydrogens is 286 g/mol. The average Bonchev–Trinajstić information content (AvgIpc) is 3.18. The SMILES string of the molecule is CCCNC(=O)C1(S(=O)(=O)c2ccc(Cl)cc2)CC1. The van der Waals surface area contributed by atoms with Crippen LogP contribution in [0.4, 0.5) is 0 Å². The topological polar surface area (TPSA) is 63.2 Å². The summed E-state index contributed by atoms with van der Waals surface area (Å²) in [4.78, 5) is 12.2. The molecule has 6 heteroatoms. The van der Waals surface area contributed by atoms with Crippen molar-refractivity contribution < 1.29 is 13.2 Å².